The number of halogens is 2. The summed E-state index contributed by atoms with van der Waals surface area (Å²) in [5.74, 6) is 1.87. The molecule has 7 nitrogen and oxygen atoms in total. The Morgan fingerprint density at radius 3 is 2.62 bits per heavy atom. The van der Waals surface area contributed by atoms with E-state index in [9.17, 15) is 4.79 Å². The number of ether oxygens (including phenoxy) is 1. The van der Waals surface area contributed by atoms with E-state index in [1.807, 2.05) is 11.6 Å². The number of pyridine rings is 1. The standard InChI is InChI=1S/C19H15Cl2N5O2S/c1-25-17(10-28-15-5-2-12(20)3-6-15)23-24-19(25)29-11-14-8-18(27)26-9-13(21)4-7-16(26)22-14/h2-9H,10-11H2,1H3. The number of hydrogen-bond acceptors (Lipinski definition) is 6. The Bertz CT molecular complexity index is 1220. The van der Waals surface area contributed by atoms with Crippen molar-refractivity contribution in [3.63, 3.8) is 0 Å². The maximum absolute atomic E-state index is 12.3. The highest BCUT2D eigenvalue weighted by Gasteiger charge is 2.11. The highest BCUT2D eigenvalue weighted by atomic mass is 35.5. The Kier molecular flexibility index (Phi) is 5.75. The van der Waals surface area contributed by atoms with Crippen molar-refractivity contribution in [1.82, 2.24) is 24.1 Å². The van der Waals surface area contributed by atoms with E-state index in [0.29, 0.717) is 43.9 Å². The van der Waals surface area contributed by atoms with E-state index in [0.717, 1.165) is 0 Å². The van der Waals surface area contributed by atoms with Gasteiger partial charge in [-0.2, -0.15) is 0 Å². The second-order valence-corrected chi connectivity index (χ2v) is 7.97. The van der Waals surface area contributed by atoms with E-state index >= 15 is 0 Å². The monoisotopic (exact) mass is 447 g/mol. The lowest BCUT2D eigenvalue weighted by Crippen LogP contribution is -2.15. The normalized spacial score (nSPS) is 11.1. The first-order chi connectivity index (χ1) is 14.0. The number of hydrogen-bond donors (Lipinski definition) is 0. The molecule has 148 valence electrons. The summed E-state index contributed by atoms with van der Waals surface area (Å²) in [6, 6.07) is 12.0. The Balaban J connectivity index is 1.44. The maximum atomic E-state index is 12.3. The molecule has 0 atom stereocenters. The molecule has 0 spiro atoms. The third-order valence-corrected chi connectivity index (χ3v) is 5.66. The molecule has 0 aliphatic carbocycles. The van der Waals surface area contributed by atoms with Crippen LogP contribution >= 0.6 is 35.0 Å². The molecule has 0 saturated carbocycles. The van der Waals surface area contributed by atoms with E-state index in [4.69, 9.17) is 27.9 Å². The molecule has 10 heteroatoms. The van der Waals surface area contributed by atoms with Crippen LogP contribution in [0.3, 0.4) is 0 Å². The number of fused-ring (bicyclic) bond motifs is 1. The van der Waals surface area contributed by atoms with Gasteiger partial charge in [0.15, 0.2) is 11.0 Å². The molecule has 0 amide bonds. The van der Waals surface area contributed by atoms with Crippen LogP contribution in [0, 0.1) is 0 Å². The molecular weight excluding hydrogens is 433 g/mol. The van der Waals surface area contributed by atoms with Crippen molar-refractivity contribution in [1.29, 1.82) is 0 Å². The number of thioether (sulfide) groups is 1. The molecular formula is C19H15Cl2N5O2S. The molecule has 4 aromatic rings. The average Bonchev–Trinajstić information content (AvgIpc) is 3.06. The summed E-state index contributed by atoms with van der Waals surface area (Å²) >= 11 is 13.3. The van der Waals surface area contributed by atoms with Crippen LogP contribution < -0.4 is 10.3 Å². The molecule has 0 unspecified atom stereocenters. The summed E-state index contributed by atoms with van der Waals surface area (Å²) < 4.78 is 9.00. The molecule has 0 fully saturated rings. The lowest BCUT2D eigenvalue weighted by atomic mass is 10.3. The quantitative estimate of drug-likeness (QED) is 0.415. The van der Waals surface area contributed by atoms with Crippen LogP contribution in [0.2, 0.25) is 10.0 Å². The second-order valence-electron chi connectivity index (χ2n) is 6.15. The number of rotatable bonds is 6. The lowest BCUT2D eigenvalue weighted by Gasteiger charge is -2.07. The van der Waals surface area contributed by atoms with Crippen LogP contribution in [-0.2, 0) is 19.4 Å². The Hall–Kier alpha value is -2.55. The van der Waals surface area contributed by atoms with Gasteiger partial charge >= 0.3 is 0 Å². The molecule has 0 N–H and O–H groups in total. The average molecular weight is 448 g/mol. The Morgan fingerprint density at radius 1 is 1.07 bits per heavy atom. The molecule has 3 aromatic heterocycles. The molecule has 0 aliphatic heterocycles. The van der Waals surface area contributed by atoms with Crippen LogP contribution in [0.1, 0.15) is 11.5 Å². The van der Waals surface area contributed by atoms with Gasteiger partial charge < -0.3 is 9.30 Å². The van der Waals surface area contributed by atoms with Gasteiger partial charge in [0.2, 0.25) is 0 Å². The minimum absolute atomic E-state index is 0.178. The zero-order valence-corrected chi connectivity index (χ0v) is 17.6. The van der Waals surface area contributed by atoms with Crippen LogP contribution in [0.25, 0.3) is 5.65 Å². The van der Waals surface area contributed by atoms with Crippen LogP contribution in [0.5, 0.6) is 5.75 Å². The van der Waals surface area contributed by atoms with Crippen molar-refractivity contribution in [3.05, 3.63) is 80.6 Å². The van der Waals surface area contributed by atoms with Gasteiger partial charge in [-0.25, -0.2) is 4.98 Å². The highest BCUT2D eigenvalue weighted by Crippen LogP contribution is 2.21. The van der Waals surface area contributed by atoms with Gasteiger partial charge in [0, 0.05) is 30.1 Å². The highest BCUT2D eigenvalue weighted by molar-refractivity contribution is 7.98. The van der Waals surface area contributed by atoms with Crippen LogP contribution in [-0.4, -0.2) is 24.1 Å². The maximum Gasteiger partial charge on any atom is 0.258 e. The van der Waals surface area contributed by atoms with E-state index < -0.39 is 0 Å². The van der Waals surface area contributed by atoms with Crippen molar-refractivity contribution in [2.75, 3.05) is 0 Å². The van der Waals surface area contributed by atoms with E-state index in [2.05, 4.69) is 15.2 Å². The molecule has 29 heavy (non-hydrogen) atoms. The number of benzene rings is 1. The van der Waals surface area contributed by atoms with E-state index in [1.54, 1.807) is 42.6 Å². The van der Waals surface area contributed by atoms with Crippen molar-refractivity contribution in [2.24, 2.45) is 7.05 Å². The van der Waals surface area contributed by atoms with Gasteiger partial charge in [-0.1, -0.05) is 35.0 Å². The largest absolute Gasteiger partial charge is 0.486 e. The first-order valence-corrected chi connectivity index (χ1v) is 10.3. The zero-order valence-electron chi connectivity index (χ0n) is 15.2. The summed E-state index contributed by atoms with van der Waals surface area (Å²) in [6.45, 7) is 0.280. The summed E-state index contributed by atoms with van der Waals surface area (Å²) in [5, 5.41) is 10.2. The second kappa shape index (κ2) is 8.44. The molecule has 3 heterocycles. The molecule has 0 bridgehead atoms. The third kappa shape index (κ3) is 4.55. The van der Waals surface area contributed by atoms with Crippen LogP contribution in [0.4, 0.5) is 0 Å². The summed E-state index contributed by atoms with van der Waals surface area (Å²) in [4.78, 5) is 16.8. The predicted octanol–water partition coefficient (Wildman–Crippen LogP) is 4.00. The first kappa shape index (κ1) is 19.8. The topological polar surface area (TPSA) is 74.3 Å². The van der Waals surface area contributed by atoms with Crippen molar-refractivity contribution in [2.45, 2.75) is 17.5 Å². The molecule has 0 aliphatic rings. The molecule has 0 radical (unpaired) electrons. The predicted molar refractivity (Wildman–Crippen MR) is 113 cm³/mol. The SMILES string of the molecule is Cn1c(COc2ccc(Cl)cc2)nnc1SCc1cc(=O)n2cc(Cl)ccc2n1. The lowest BCUT2D eigenvalue weighted by molar-refractivity contribution is 0.290. The van der Waals surface area contributed by atoms with Gasteiger partial charge in [0.1, 0.15) is 18.0 Å². The molecule has 4 rings (SSSR count). The first-order valence-electron chi connectivity index (χ1n) is 8.57. The van der Waals surface area contributed by atoms with Crippen molar-refractivity contribution in [3.8, 4) is 5.75 Å². The minimum Gasteiger partial charge on any atom is -0.486 e. The zero-order chi connectivity index (χ0) is 20.4. The van der Waals surface area contributed by atoms with Gasteiger partial charge in [0.25, 0.3) is 5.56 Å². The Morgan fingerprint density at radius 2 is 1.83 bits per heavy atom. The fraction of sp³-hybridized carbons (Fsp3) is 0.158. The molecule has 1 aromatic carbocycles. The van der Waals surface area contributed by atoms with Crippen molar-refractivity contribution >= 4 is 40.6 Å². The smallest absolute Gasteiger partial charge is 0.258 e. The minimum atomic E-state index is -0.178. The van der Waals surface area contributed by atoms with Crippen molar-refractivity contribution < 1.29 is 4.74 Å². The summed E-state index contributed by atoms with van der Waals surface area (Å²) in [5.41, 5.74) is 1.03. The number of aromatic nitrogens is 5. The summed E-state index contributed by atoms with van der Waals surface area (Å²) in [7, 11) is 1.87. The van der Waals surface area contributed by atoms with Gasteiger partial charge in [0.05, 0.1) is 10.7 Å². The summed E-state index contributed by atoms with van der Waals surface area (Å²) in [6.07, 6.45) is 1.55. The third-order valence-electron chi connectivity index (χ3n) is 4.13. The fourth-order valence-electron chi connectivity index (χ4n) is 2.61. The van der Waals surface area contributed by atoms with E-state index in [1.165, 1.54) is 22.2 Å². The van der Waals surface area contributed by atoms with Gasteiger partial charge in [-0.15, -0.1) is 10.2 Å². The van der Waals surface area contributed by atoms with Gasteiger partial charge in [-0.3, -0.25) is 9.20 Å². The Labute approximate surface area is 180 Å². The van der Waals surface area contributed by atoms with E-state index in [-0.39, 0.29) is 12.2 Å². The van der Waals surface area contributed by atoms with Crippen LogP contribution in [0.15, 0.2) is 58.6 Å². The fourth-order valence-corrected chi connectivity index (χ4v) is 3.72. The molecule has 0 saturated heterocycles. The van der Waals surface area contributed by atoms with Gasteiger partial charge in [-0.05, 0) is 36.4 Å². The number of nitrogens with zero attached hydrogens (tertiary/aromatic N) is 5.